The van der Waals surface area contributed by atoms with Crippen molar-refractivity contribution in [1.29, 1.82) is 4.78 Å². The molecule has 2 saturated carbocycles. The minimum Gasteiger partial charge on any atom is -0.334 e. The average molecular weight is 559 g/mol. The Morgan fingerprint density at radius 3 is 2.58 bits per heavy atom. The minimum absolute atomic E-state index is 0.0466. The lowest BCUT2D eigenvalue weighted by atomic mass is 9.82. The number of fused-ring (bicyclic) bond motifs is 1. The van der Waals surface area contributed by atoms with Gasteiger partial charge in [-0.2, -0.15) is 0 Å². The maximum Gasteiger partial charge on any atom is 0.254 e. The molecule has 1 spiro atoms. The van der Waals surface area contributed by atoms with Crippen LogP contribution in [0.2, 0.25) is 0 Å². The second kappa shape index (κ2) is 9.34. The first kappa shape index (κ1) is 25.8. The summed E-state index contributed by atoms with van der Waals surface area (Å²) in [5.74, 6) is -2.74. The summed E-state index contributed by atoms with van der Waals surface area (Å²) in [5.41, 5.74) is 3.72. The van der Waals surface area contributed by atoms with Crippen molar-refractivity contribution in [3.05, 3.63) is 59.1 Å². The molecular weight excluding hydrogens is 526 g/mol. The van der Waals surface area contributed by atoms with Gasteiger partial charge in [0.1, 0.15) is 16.0 Å². The number of carbonyl (C=O) groups is 1. The van der Waals surface area contributed by atoms with Gasteiger partial charge in [-0.3, -0.25) is 4.79 Å². The van der Waals surface area contributed by atoms with Crippen molar-refractivity contribution in [1.82, 2.24) is 14.2 Å². The molecule has 3 aliphatic rings. The van der Waals surface area contributed by atoms with E-state index >= 15 is 0 Å². The van der Waals surface area contributed by atoms with Crippen LogP contribution in [-0.4, -0.2) is 48.9 Å². The van der Waals surface area contributed by atoms with E-state index in [1.54, 1.807) is 33.3 Å². The van der Waals surface area contributed by atoms with Crippen LogP contribution in [0, 0.1) is 17.1 Å². The largest absolute Gasteiger partial charge is 0.334 e. The van der Waals surface area contributed by atoms with E-state index in [1.165, 1.54) is 0 Å². The summed E-state index contributed by atoms with van der Waals surface area (Å²) < 4.78 is 53.4. The van der Waals surface area contributed by atoms with Crippen molar-refractivity contribution >= 4 is 37.4 Å². The molecule has 0 unspecified atom stereocenters. The number of amides is 1. The van der Waals surface area contributed by atoms with E-state index in [9.17, 15) is 17.8 Å². The molecular formula is C28H32F2N4O2S2. The zero-order valence-electron chi connectivity index (χ0n) is 21.4. The van der Waals surface area contributed by atoms with Crippen LogP contribution in [0.3, 0.4) is 0 Å². The van der Waals surface area contributed by atoms with Gasteiger partial charge in [-0.25, -0.2) is 27.1 Å². The number of alkyl halides is 2. The molecule has 10 heteroatoms. The molecule has 2 heterocycles. The lowest BCUT2D eigenvalue weighted by Crippen LogP contribution is -2.51. The first-order chi connectivity index (χ1) is 18.1. The SMILES string of the molecule is Cc1ccc([S@](=N)(=O)N2CCC[C@H]2C(=O)N(Cc2ccc3scnc3c2)C2CCC3(CC2)CC3(F)F)cc1. The second-order valence-electron chi connectivity index (χ2n) is 11.2. The third-order valence-corrected chi connectivity index (χ3v) is 11.6. The van der Waals surface area contributed by atoms with Gasteiger partial charge in [0.25, 0.3) is 5.92 Å². The molecule has 6 rings (SSSR count). The average Bonchev–Trinajstić information content (AvgIpc) is 3.34. The van der Waals surface area contributed by atoms with Crippen LogP contribution in [0.15, 0.2) is 52.9 Å². The number of aromatic nitrogens is 1. The molecule has 38 heavy (non-hydrogen) atoms. The number of hydrogen-bond donors (Lipinski definition) is 1. The first-order valence-electron chi connectivity index (χ1n) is 13.2. The Morgan fingerprint density at radius 2 is 1.89 bits per heavy atom. The highest BCUT2D eigenvalue weighted by Gasteiger charge is 2.70. The third kappa shape index (κ3) is 4.44. The zero-order valence-corrected chi connectivity index (χ0v) is 23.0. The van der Waals surface area contributed by atoms with E-state index in [0.29, 0.717) is 56.5 Å². The summed E-state index contributed by atoms with van der Waals surface area (Å²) in [6.45, 7) is 2.68. The Labute approximate surface area is 226 Å². The summed E-state index contributed by atoms with van der Waals surface area (Å²) in [6.07, 6.45) is 3.03. The predicted molar refractivity (Wildman–Crippen MR) is 144 cm³/mol. The topological polar surface area (TPSA) is 77.4 Å². The standard InChI is InChI=1S/C28H32F2N4O2S2/c1-19-4-7-22(8-5-19)38(31,36)34-14-2-3-24(34)26(35)33(16-20-6-9-25-23(15-20)32-18-37-25)21-10-12-27(13-11-21)17-28(27,29)30/h4-9,15,18,21,24,31H,2-3,10-14,16-17H2,1H3/t21?,24-,27?,38+/m0/s1. The van der Waals surface area contributed by atoms with Gasteiger partial charge in [-0.05, 0) is 75.3 Å². The van der Waals surface area contributed by atoms with Crippen molar-refractivity contribution in [3.63, 3.8) is 0 Å². The van der Waals surface area contributed by atoms with Gasteiger partial charge < -0.3 is 4.90 Å². The fourth-order valence-electron chi connectivity index (χ4n) is 6.32. The third-order valence-electron chi connectivity index (χ3n) is 8.75. The monoisotopic (exact) mass is 558 g/mol. The number of hydrogen-bond acceptors (Lipinski definition) is 5. The normalized spacial score (nSPS) is 28.4. The van der Waals surface area contributed by atoms with Crippen molar-refractivity contribution in [2.24, 2.45) is 5.41 Å². The number of benzene rings is 2. The Balaban J connectivity index is 1.28. The Morgan fingerprint density at radius 1 is 1.18 bits per heavy atom. The van der Waals surface area contributed by atoms with Crippen LogP contribution < -0.4 is 0 Å². The van der Waals surface area contributed by atoms with E-state index in [0.717, 1.165) is 21.3 Å². The minimum atomic E-state index is -3.35. The van der Waals surface area contributed by atoms with Gasteiger partial charge >= 0.3 is 0 Å². The molecule has 6 nitrogen and oxygen atoms in total. The van der Waals surface area contributed by atoms with E-state index in [1.807, 2.05) is 42.2 Å². The quantitative estimate of drug-likeness (QED) is 0.381. The van der Waals surface area contributed by atoms with Crippen molar-refractivity contribution in [3.8, 4) is 0 Å². The van der Waals surface area contributed by atoms with Crippen molar-refractivity contribution < 1.29 is 17.8 Å². The van der Waals surface area contributed by atoms with Gasteiger partial charge in [0, 0.05) is 31.0 Å². The summed E-state index contributed by atoms with van der Waals surface area (Å²) in [4.78, 5) is 20.9. The lowest BCUT2D eigenvalue weighted by Gasteiger charge is -2.40. The summed E-state index contributed by atoms with van der Waals surface area (Å²) in [6, 6.07) is 12.2. The van der Waals surface area contributed by atoms with Crippen LogP contribution in [0.5, 0.6) is 0 Å². The highest BCUT2D eigenvalue weighted by atomic mass is 32.2. The smallest absolute Gasteiger partial charge is 0.254 e. The molecule has 2 aromatic carbocycles. The van der Waals surface area contributed by atoms with Crippen LogP contribution in [0.25, 0.3) is 10.2 Å². The Kier molecular flexibility index (Phi) is 6.35. The van der Waals surface area contributed by atoms with Crippen LogP contribution in [0.1, 0.15) is 56.1 Å². The molecule has 0 radical (unpaired) electrons. The van der Waals surface area contributed by atoms with E-state index in [4.69, 9.17) is 4.78 Å². The first-order valence-corrected chi connectivity index (χ1v) is 15.6. The van der Waals surface area contributed by atoms with Crippen molar-refractivity contribution in [2.45, 2.75) is 81.3 Å². The van der Waals surface area contributed by atoms with Crippen LogP contribution in [-0.2, 0) is 21.3 Å². The molecule has 3 aromatic rings. The van der Waals surface area contributed by atoms with Crippen molar-refractivity contribution in [2.75, 3.05) is 6.54 Å². The number of carbonyl (C=O) groups excluding carboxylic acids is 1. The fraction of sp³-hybridized carbons (Fsp3) is 0.500. The van der Waals surface area contributed by atoms with Gasteiger partial charge in [-0.1, -0.05) is 23.8 Å². The molecule has 1 aliphatic heterocycles. The molecule has 2 aliphatic carbocycles. The molecule has 1 amide bonds. The molecule has 3 fully saturated rings. The number of aryl methyl sites for hydroxylation is 1. The maximum absolute atomic E-state index is 14.2. The Bertz CT molecular complexity index is 1460. The van der Waals surface area contributed by atoms with Gasteiger partial charge in [0.2, 0.25) is 5.91 Å². The van der Waals surface area contributed by atoms with Crippen LogP contribution in [0.4, 0.5) is 8.78 Å². The number of rotatable bonds is 6. The summed E-state index contributed by atoms with van der Waals surface area (Å²) >= 11 is 1.56. The Hall–Kier alpha value is -2.43. The molecule has 2 atom stereocenters. The van der Waals surface area contributed by atoms with Gasteiger partial charge in [0.05, 0.1) is 20.6 Å². The van der Waals surface area contributed by atoms with E-state index in [-0.39, 0.29) is 18.4 Å². The fourth-order valence-corrected chi connectivity index (χ4v) is 8.69. The molecule has 1 N–H and O–H groups in total. The zero-order chi connectivity index (χ0) is 26.7. The van der Waals surface area contributed by atoms with Crippen LogP contribution >= 0.6 is 11.3 Å². The number of halogens is 2. The number of nitrogens with zero attached hydrogens (tertiary/aromatic N) is 3. The molecule has 0 bridgehead atoms. The number of nitrogens with one attached hydrogen (secondary N) is 1. The molecule has 202 valence electrons. The van der Waals surface area contributed by atoms with Gasteiger partial charge in [0.15, 0.2) is 0 Å². The van der Waals surface area contributed by atoms with Gasteiger partial charge in [-0.15, -0.1) is 11.3 Å². The van der Waals surface area contributed by atoms with E-state index < -0.39 is 27.3 Å². The highest BCUT2D eigenvalue weighted by Crippen LogP contribution is 2.67. The number of thiazole rings is 1. The summed E-state index contributed by atoms with van der Waals surface area (Å²) in [5, 5.41) is 0. The maximum atomic E-state index is 14.2. The van der Waals surface area contributed by atoms with E-state index in [2.05, 4.69) is 4.98 Å². The lowest BCUT2D eigenvalue weighted by molar-refractivity contribution is -0.139. The summed E-state index contributed by atoms with van der Waals surface area (Å²) in [7, 11) is -3.35. The molecule has 1 saturated heterocycles. The molecule has 1 aromatic heterocycles. The second-order valence-corrected chi connectivity index (χ2v) is 14.0. The predicted octanol–water partition coefficient (Wildman–Crippen LogP) is 6.39. The highest BCUT2D eigenvalue weighted by molar-refractivity contribution is 7.90.